The minimum atomic E-state index is -4.49. The van der Waals surface area contributed by atoms with Crippen molar-refractivity contribution in [2.24, 2.45) is 0 Å². The Bertz CT molecular complexity index is 1380. The van der Waals surface area contributed by atoms with Gasteiger partial charge in [0.1, 0.15) is 0 Å². The quantitative estimate of drug-likeness (QED) is 0.484. The summed E-state index contributed by atoms with van der Waals surface area (Å²) < 4.78 is 40.3. The molecule has 0 bridgehead atoms. The molecule has 1 aliphatic heterocycles. The van der Waals surface area contributed by atoms with Gasteiger partial charge in [-0.25, -0.2) is 9.50 Å². The van der Waals surface area contributed by atoms with Gasteiger partial charge < -0.3 is 10.2 Å². The fraction of sp³-hybridized carbons (Fsp3) is 0.182. The molecule has 0 atom stereocenters. The zero-order valence-corrected chi connectivity index (χ0v) is 17.8. The lowest BCUT2D eigenvalue weighted by atomic mass is 10.0. The number of fused-ring (bicyclic) bond motifs is 2. The van der Waals surface area contributed by atoms with E-state index < -0.39 is 17.6 Å². The molecule has 0 saturated carbocycles. The van der Waals surface area contributed by atoms with E-state index in [4.69, 9.17) is 0 Å². The molecule has 0 aliphatic carbocycles. The Labute approximate surface area is 189 Å². The van der Waals surface area contributed by atoms with Gasteiger partial charge in [-0.3, -0.25) is 9.59 Å². The number of carbonyl (C=O) groups is 2. The second-order valence-electron chi connectivity index (χ2n) is 7.50. The Hall–Kier alpha value is -3.73. The largest absolute Gasteiger partial charge is 0.416 e. The van der Waals surface area contributed by atoms with Gasteiger partial charge in [-0.05, 0) is 42.3 Å². The van der Waals surface area contributed by atoms with E-state index >= 15 is 0 Å². The molecule has 168 valence electrons. The van der Waals surface area contributed by atoms with Crippen LogP contribution in [0.1, 0.15) is 36.9 Å². The molecular formula is C22H16F3N5O2S. The highest BCUT2D eigenvalue weighted by Gasteiger charge is 2.31. The van der Waals surface area contributed by atoms with Gasteiger partial charge in [0.2, 0.25) is 0 Å². The fourth-order valence-electron chi connectivity index (χ4n) is 3.80. The van der Waals surface area contributed by atoms with Crippen LogP contribution in [0.3, 0.4) is 0 Å². The molecule has 0 fully saturated rings. The van der Waals surface area contributed by atoms with Crippen molar-refractivity contribution < 1.29 is 22.8 Å². The number of imidazole rings is 1. The number of alkyl halides is 3. The van der Waals surface area contributed by atoms with Crippen LogP contribution in [0, 0.1) is 0 Å². The molecule has 7 nitrogen and oxygen atoms in total. The van der Waals surface area contributed by atoms with Gasteiger partial charge in [0, 0.05) is 28.7 Å². The zero-order chi connectivity index (χ0) is 23.2. The molecule has 0 unspecified atom stereocenters. The number of thiophene rings is 1. The van der Waals surface area contributed by atoms with E-state index in [1.165, 1.54) is 34.2 Å². The Kier molecular flexibility index (Phi) is 5.12. The molecule has 0 saturated heterocycles. The van der Waals surface area contributed by atoms with Crippen LogP contribution >= 0.6 is 11.3 Å². The van der Waals surface area contributed by atoms with Crippen molar-refractivity contribution in [1.29, 1.82) is 0 Å². The molecule has 4 heterocycles. The van der Waals surface area contributed by atoms with Crippen LogP contribution in [0.2, 0.25) is 0 Å². The molecule has 3 aromatic heterocycles. The van der Waals surface area contributed by atoms with Crippen LogP contribution < -0.4 is 5.32 Å². The molecule has 11 heteroatoms. The van der Waals surface area contributed by atoms with Gasteiger partial charge >= 0.3 is 6.18 Å². The number of hydrogen-bond donors (Lipinski definition) is 1. The molecule has 1 aromatic carbocycles. The standard InChI is InChI=1S/C22H16F3N5O2S/c23-22(24,25)13-3-1-4-14(9-13)28-20(31)16-12-33-18-11-29(8-6-15(16)18)21(32)17-10-26-19-5-2-7-27-30(17)19/h1-5,7,9-10,12H,6,8,11H2,(H,28,31). The second kappa shape index (κ2) is 8.00. The normalized spacial score (nSPS) is 13.7. The number of halogens is 3. The van der Waals surface area contributed by atoms with Crippen LogP contribution in [0.4, 0.5) is 18.9 Å². The first kappa shape index (κ1) is 21.1. The Morgan fingerprint density at radius 1 is 1.15 bits per heavy atom. The van der Waals surface area contributed by atoms with Crippen LogP contribution in [-0.4, -0.2) is 37.9 Å². The first-order chi connectivity index (χ1) is 15.8. The summed E-state index contributed by atoms with van der Waals surface area (Å²) in [5.41, 5.74) is 1.39. The van der Waals surface area contributed by atoms with Gasteiger partial charge in [-0.1, -0.05) is 6.07 Å². The van der Waals surface area contributed by atoms with Crippen LogP contribution in [0.15, 0.2) is 54.2 Å². The highest BCUT2D eigenvalue weighted by molar-refractivity contribution is 7.10. The average Bonchev–Trinajstić information content (AvgIpc) is 3.42. The zero-order valence-electron chi connectivity index (χ0n) is 17.0. The number of carbonyl (C=O) groups excluding carboxylic acids is 2. The second-order valence-corrected chi connectivity index (χ2v) is 8.46. The summed E-state index contributed by atoms with van der Waals surface area (Å²) in [5, 5.41) is 8.40. The lowest BCUT2D eigenvalue weighted by Gasteiger charge is -2.27. The van der Waals surface area contributed by atoms with E-state index in [1.54, 1.807) is 28.6 Å². The number of nitrogens with one attached hydrogen (secondary N) is 1. The smallest absolute Gasteiger partial charge is 0.332 e. The van der Waals surface area contributed by atoms with Gasteiger partial charge in [0.25, 0.3) is 11.8 Å². The highest BCUT2D eigenvalue weighted by Crippen LogP contribution is 2.32. The number of benzene rings is 1. The monoisotopic (exact) mass is 471 g/mol. The van der Waals surface area contributed by atoms with Gasteiger partial charge in [-0.15, -0.1) is 11.3 Å². The van der Waals surface area contributed by atoms with E-state index in [2.05, 4.69) is 15.4 Å². The Balaban J connectivity index is 1.33. The summed E-state index contributed by atoms with van der Waals surface area (Å²) in [6, 6.07) is 8.01. The number of anilines is 1. The van der Waals surface area contributed by atoms with Gasteiger partial charge in [0.15, 0.2) is 11.3 Å². The highest BCUT2D eigenvalue weighted by atomic mass is 32.1. The van der Waals surface area contributed by atoms with E-state index in [0.29, 0.717) is 36.4 Å². The molecule has 33 heavy (non-hydrogen) atoms. The Morgan fingerprint density at radius 3 is 2.82 bits per heavy atom. The van der Waals surface area contributed by atoms with Gasteiger partial charge in [0.05, 0.1) is 23.9 Å². The van der Waals surface area contributed by atoms with E-state index in [-0.39, 0.29) is 11.6 Å². The van der Waals surface area contributed by atoms with Crippen molar-refractivity contribution in [2.75, 3.05) is 11.9 Å². The molecule has 5 rings (SSSR count). The van der Waals surface area contributed by atoms with Crippen LogP contribution in [0.5, 0.6) is 0 Å². The minimum Gasteiger partial charge on any atom is -0.332 e. The third-order valence-electron chi connectivity index (χ3n) is 5.42. The van der Waals surface area contributed by atoms with Crippen molar-refractivity contribution >= 4 is 34.5 Å². The van der Waals surface area contributed by atoms with Crippen LogP contribution in [-0.2, 0) is 19.1 Å². The maximum absolute atomic E-state index is 13.0. The Morgan fingerprint density at radius 2 is 2.00 bits per heavy atom. The minimum absolute atomic E-state index is 0.0718. The predicted molar refractivity (Wildman–Crippen MR) is 115 cm³/mol. The first-order valence-corrected chi connectivity index (χ1v) is 10.8. The maximum atomic E-state index is 13.0. The van der Waals surface area contributed by atoms with Gasteiger partial charge in [-0.2, -0.15) is 18.3 Å². The first-order valence-electron chi connectivity index (χ1n) is 9.97. The van der Waals surface area contributed by atoms with Crippen molar-refractivity contribution in [3.8, 4) is 0 Å². The lowest BCUT2D eigenvalue weighted by Crippen LogP contribution is -2.36. The predicted octanol–water partition coefficient (Wildman–Crippen LogP) is 4.26. The van der Waals surface area contributed by atoms with Crippen molar-refractivity contribution in [2.45, 2.75) is 19.1 Å². The number of rotatable bonds is 3. The molecule has 0 spiro atoms. The number of nitrogens with zero attached hydrogens (tertiary/aromatic N) is 4. The summed E-state index contributed by atoms with van der Waals surface area (Å²) >= 11 is 1.35. The summed E-state index contributed by atoms with van der Waals surface area (Å²) in [4.78, 5) is 32.5. The molecule has 2 amide bonds. The third kappa shape index (κ3) is 3.95. The summed E-state index contributed by atoms with van der Waals surface area (Å²) in [7, 11) is 0. The molecule has 0 radical (unpaired) electrons. The third-order valence-corrected chi connectivity index (χ3v) is 6.44. The van der Waals surface area contributed by atoms with Crippen LogP contribution in [0.25, 0.3) is 5.65 Å². The summed E-state index contributed by atoms with van der Waals surface area (Å²) in [5.74, 6) is -0.687. The number of hydrogen-bond acceptors (Lipinski definition) is 5. The molecule has 4 aromatic rings. The van der Waals surface area contributed by atoms with Crippen molar-refractivity contribution in [1.82, 2.24) is 19.5 Å². The number of aromatic nitrogens is 3. The summed E-state index contributed by atoms with van der Waals surface area (Å²) in [6.45, 7) is 0.724. The average molecular weight is 471 g/mol. The van der Waals surface area contributed by atoms with Crippen molar-refractivity contribution in [3.63, 3.8) is 0 Å². The van der Waals surface area contributed by atoms with Crippen molar-refractivity contribution in [3.05, 3.63) is 81.4 Å². The molecular weight excluding hydrogens is 455 g/mol. The van der Waals surface area contributed by atoms with E-state index in [0.717, 1.165) is 22.6 Å². The fourth-order valence-corrected chi connectivity index (χ4v) is 4.90. The molecule has 1 N–H and O–H groups in total. The maximum Gasteiger partial charge on any atom is 0.416 e. The SMILES string of the molecule is O=C(Nc1cccc(C(F)(F)F)c1)c1csc2c1CCN(C(=O)c1cnc3cccnn13)C2. The number of amides is 2. The summed E-state index contributed by atoms with van der Waals surface area (Å²) in [6.07, 6.45) is -0.967. The lowest BCUT2D eigenvalue weighted by molar-refractivity contribution is -0.137. The van der Waals surface area contributed by atoms with E-state index in [9.17, 15) is 22.8 Å². The topological polar surface area (TPSA) is 79.6 Å². The van der Waals surface area contributed by atoms with E-state index in [1.807, 2.05) is 0 Å². The molecule has 1 aliphatic rings.